The van der Waals surface area contributed by atoms with Gasteiger partial charge in [0.25, 0.3) is 0 Å². The first-order valence-electron chi connectivity index (χ1n) is 5.30. The molecule has 0 radical (unpaired) electrons. The number of hydrogen-bond acceptors (Lipinski definition) is 2. The summed E-state index contributed by atoms with van der Waals surface area (Å²) >= 11 is 3.38. The van der Waals surface area contributed by atoms with Gasteiger partial charge < -0.3 is 5.73 Å². The summed E-state index contributed by atoms with van der Waals surface area (Å²) in [5.41, 5.74) is 7.89. The molecule has 0 bridgehead atoms. The highest BCUT2D eigenvalue weighted by atomic mass is 79.9. The second-order valence-corrected chi connectivity index (χ2v) is 4.56. The van der Waals surface area contributed by atoms with Crippen LogP contribution in [0.3, 0.4) is 0 Å². The van der Waals surface area contributed by atoms with Gasteiger partial charge in [0.2, 0.25) is 0 Å². The van der Waals surface area contributed by atoms with Gasteiger partial charge in [-0.05, 0) is 17.7 Å². The predicted octanol–water partition coefficient (Wildman–Crippen LogP) is 3.14. The Bertz CT molecular complexity index is 534. The molecule has 2 N–H and O–H groups in total. The maximum atomic E-state index is 12.2. The lowest BCUT2D eigenvalue weighted by Crippen LogP contribution is -2.03. The Morgan fingerprint density at radius 2 is 1.71 bits per heavy atom. The number of halogens is 1. The van der Waals surface area contributed by atoms with Gasteiger partial charge in [0.15, 0.2) is 5.78 Å². The maximum Gasteiger partial charge on any atom is 0.194 e. The minimum Gasteiger partial charge on any atom is -0.326 e. The molecule has 0 heterocycles. The van der Waals surface area contributed by atoms with Crippen molar-refractivity contribution < 1.29 is 4.79 Å². The van der Waals surface area contributed by atoms with E-state index in [4.69, 9.17) is 5.73 Å². The zero-order chi connectivity index (χ0) is 12.3. The average Bonchev–Trinajstić information content (AvgIpc) is 2.39. The summed E-state index contributed by atoms with van der Waals surface area (Å²) in [6.07, 6.45) is 0. The molecule has 2 aromatic carbocycles. The van der Waals surface area contributed by atoms with E-state index in [1.807, 2.05) is 48.5 Å². The summed E-state index contributed by atoms with van der Waals surface area (Å²) in [5, 5.41) is 0. The molecule has 0 fully saturated rings. The Labute approximate surface area is 109 Å². The van der Waals surface area contributed by atoms with E-state index in [-0.39, 0.29) is 5.78 Å². The molecule has 0 unspecified atom stereocenters. The number of benzene rings is 2. The van der Waals surface area contributed by atoms with Crippen LogP contribution in [-0.4, -0.2) is 5.78 Å². The first-order valence-corrected chi connectivity index (χ1v) is 6.10. The Morgan fingerprint density at radius 1 is 1.06 bits per heavy atom. The van der Waals surface area contributed by atoms with Crippen LogP contribution in [0.15, 0.2) is 53.0 Å². The number of carbonyl (C=O) groups is 1. The highest BCUT2D eigenvalue weighted by Crippen LogP contribution is 2.19. The second kappa shape index (κ2) is 5.25. The summed E-state index contributed by atoms with van der Waals surface area (Å²) in [6.45, 7) is 0.490. The molecule has 17 heavy (non-hydrogen) atoms. The van der Waals surface area contributed by atoms with Gasteiger partial charge in [-0.25, -0.2) is 0 Å². The largest absolute Gasteiger partial charge is 0.326 e. The van der Waals surface area contributed by atoms with Crippen molar-refractivity contribution in [2.24, 2.45) is 5.73 Å². The number of nitrogens with two attached hydrogens (primary N) is 1. The second-order valence-electron chi connectivity index (χ2n) is 3.71. The van der Waals surface area contributed by atoms with Crippen molar-refractivity contribution in [2.75, 3.05) is 0 Å². The molecule has 2 rings (SSSR count). The third kappa shape index (κ3) is 2.62. The van der Waals surface area contributed by atoms with Gasteiger partial charge in [0.05, 0.1) is 0 Å². The molecule has 0 aromatic heterocycles. The van der Waals surface area contributed by atoms with Crippen molar-refractivity contribution in [1.29, 1.82) is 0 Å². The van der Waals surface area contributed by atoms with E-state index in [2.05, 4.69) is 15.9 Å². The molecule has 86 valence electrons. The highest BCUT2D eigenvalue weighted by Gasteiger charge is 2.11. The number of rotatable bonds is 3. The van der Waals surface area contributed by atoms with E-state index in [9.17, 15) is 4.79 Å². The smallest absolute Gasteiger partial charge is 0.194 e. The molecule has 0 spiro atoms. The van der Waals surface area contributed by atoms with Crippen LogP contribution in [0.2, 0.25) is 0 Å². The minimum atomic E-state index is 0.0149. The predicted molar refractivity (Wildman–Crippen MR) is 71.9 cm³/mol. The van der Waals surface area contributed by atoms with Gasteiger partial charge in [-0.2, -0.15) is 0 Å². The maximum absolute atomic E-state index is 12.2. The van der Waals surface area contributed by atoms with E-state index >= 15 is 0 Å². The van der Waals surface area contributed by atoms with Crippen molar-refractivity contribution in [1.82, 2.24) is 0 Å². The van der Waals surface area contributed by atoms with Crippen molar-refractivity contribution >= 4 is 21.7 Å². The number of carbonyl (C=O) groups excluding carboxylic acids is 1. The van der Waals surface area contributed by atoms with Crippen molar-refractivity contribution in [2.45, 2.75) is 6.54 Å². The Morgan fingerprint density at radius 3 is 2.29 bits per heavy atom. The van der Waals surface area contributed by atoms with Gasteiger partial charge in [-0.15, -0.1) is 0 Å². The summed E-state index contributed by atoms with van der Waals surface area (Å²) in [7, 11) is 0. The van der Waals surface area contributed by atoms with Crippen LogP contribution in [-0.2, 0) is 6.54 Å². The van der Waals surface area contributed by atoms with Crippen LogP contribution >= 0.6 is 15.9 Å². The van der Waals surface area contributed by atoms with Gasteiger partial charge in [0, 0.05) is 22.1 Å². The normalized spacial score (nSPS) is 10.2. The molecule has 0 atom stereocenters. The number of ketones is 1. The van der Waals surface area contributed by atoms with Crippen LogP contribution < -0.4 is 5.73 Å². The van der Waals surface area contributed by atoms with Crippen LogP contribution in [0.1, 0.15) is 21.5 Å². The molecule has 0 aliphatic carbocycles. The fraction of sp³-hybridized carbons (Fsp3) is 0.0714. The lowest BCUT2D eigenvalue weighted by atomic mass is 10.0. The zero-order valence-electron chi connectivity index (χ0n) is 9.19. The molecule has 2 nitrogen and oxygen atoms in total. The molecule has 0 amide bonds. The van der Waals surface area contributed by atoms with Crippen LogP contribution in [0.25, 0.3) is 0 Å². The summed E-state index contributed by atoms with van der Waals surface area (Å²) in [6, 6.07) is 14.8. The molecule has 2 aromatic rings. The summed E-state index contributed by atoms with van der Waals surface area (Å²) in [5.74, 6) is 0.0149. The quantitative estimate of drug-likeness (QED) is 0.882. The van der Waals surface area contributed by atoms with E-state index in [1.165, 1.54) is 0 Å². The van der Waals surface area contributed by atoms with Gasteiger partial charge >= 0.3 is 0 Å². The SMILES string of the molecule is NCc1ccc(C(=O)c2ccccc2Br)cc1. The van der Waals surface area contributed by atoms with Crippen LogP contribution in [0.5, 0.6) is 0 Å². The van der Waals surface area contributed by atoms with E-state index in [1.54, 1.807) is 0 Å². The fourth-order valence-corrected chi connectivity index (χ4v) is 2.06. The van der Waals surface area contributed by atoms with Gasteiger partial charge in [-0.3, -0.25) is 4.79 Å². The lowest BCUT2D eigenvalue weighted by Gasteiger charge is -2.04. The van der Waals surface area contributed by atoms with E-state index < -0.39 is 0 Å². The highest BCUT2D eigenvalue weighted by molar-refractivity contribution is 9.10. The third-order valence-corrected chi connectivity index (χ3v) is 3.26. The van der Waals surface area contributed by atoms with Gasteiger partial charge in [0.1, 0.15) is 0 Å². The van der Waals surface area contributed by atoms with Crippen molar-refractivity contribution in [3.8, 4) is 0 Å². The molecule has 0 saturated carbocycles. The number of hydrogen-bond donors (Lipinski definition) is 1. The summed E-state index contributed by atoms with van der Waals surface area (Å²) < 4.78 is 0.813. The molecule has 0 saturated heterocycles. The molecular formula is C14H12BrNO. The lowest BCUT2D eigenvalue weighted by molar-refractivity contribution is 0.103. The fourth-order valence-electron chi connectivity index (χ4n) is 1.59. The van der Waals surface area contributed by atoms with E-state index in [0.29, 0.717) is 17.7 Å². The Kier molecular flexibility index (Phi) is 3.71. The zero-order valence-corrected chi connectivity index (χ0v) is 10.8. The molecule has 3 heteroatoms. The first-order chi connectivity index (χ1) is 8.22. The Hall–Kier alpha value is -1.45. The third-order valence-electron chi connectivity index (χ3n) is 2.57. The standard InChI is InChI=1S/C14H12BrNO/c15-13-4-2-1-3-12(13)14(17)11-7-5-10(9-16)6-8-11/h1-8H,9,16H2. The van der Waals surface area contributed by atoms with Crippen molar-refractivity contribution in [3.05, 3.63) is 69.7 Å². The summed E-state index contributed by atoms with van der Waals surface area (Å²) in [4.78, 5) is 12.2. The molecule has 0 aliphatic heterocycles. The minimum absolute atomic E-state index is 0.0149. The van der Waals surface area contributed by atoms with Crippen LogP contribution in [0.4, 0.5) is 0 Å². The molecule has 0 aliphatic rings. The monoisotopic (exact) mass is 289 g/mol. The topological polar surface area (TPSA) is 43.1 Å². The van der Waals surface area contributed by atoms with Crippen LogP contribution in [0, 0.1) is 0 Å². The first kappa shape index (κ1) is 12.0. The average molecular weight is 290 g/mol. The Balaban J connectivity index is 2.34. The van der Waals surface area contributed by atoms with Gasteiger partial charge in [-0.1, -0.05) is 52.3 Å². The van der Waals surface area contributed by atoms with Crippen molar-refractivity contribution in [3.63, 3.8) is 0 Å². The molecular weight excluding hydrogens is 278 g/mol. The van der Waals surface area contributed by atoms with E-state index in [0.717, 1.165) is 10.0 Å².